The molecule has 0 saturated carbocycles. The normalized spacial score (nSPS) is 9.96. The average molecular weight is 356 g/mol. The predicted molar refractivity (Wildman–Crippen MR) is 102 cm³/mol. The van der Waals surface area contributed by atoms with Gasteiger partial charge in [-0.25, -0.2) is 0 Å². The number of nitrogens with zero attached hydrogens (tertiary/aromatic N) is 1. The number of anilines is 1. The molecule has 1 aromatic carbocycles. The van der Waals surface area contributed by atoms with E-state index in [1.165, 1.54) is 0 Å². The molecule has 0 atom stereocenters. The largest absolute Gasteiger partial charge is 0.339 e. The monoisotopic (exact) mass is 355 g/mol. The number of carbonyl (C=O) groups is 2. The van der Waals surface area contributed by atoms with Crippen molar-refractivity contribution in [1.29, 1.82) is 0 Å². The van der Waals surface area contributed by atoms with E-state index in [4.69, 9.17) is 0 Å². The van der Waals surface area contributed by atoms with E-state index in [0.29, 0.717) is 12.0 Å². The van der Waals surface area contributed by atoms with Gasteiger partial charge in [-0.15, -0.1) is 12.4 Å². The summed E-state index contributed by atoms with van der Waals surface area (Å²) in [6, 6.07) is 7.15. The maximum atomic E-state index is 12.5. The quantitative estimate of drug-likeness (QED) is 0.633. The van der Waals surface area contributed by atoms with E-state index < -0.39 is 0 Å². The fourth-order valence-electron chi connectivity index (χ4n) is 2.38. The molecule has 6 heteroatoms. The van der Waals surface area contributed by atoms with Crippen LogP contribution in [0.2, 0.25) is 0 Å². The summed E-state index contributed by atoms with van der Waals surface area (Å²) in [6.45, 7) is 6.52. The average Bonchev–Trinajstić information content (AvgIpc) is 2.55. The molecule has 0 bridgehead atoms. The molecule has 0 saturated heterocycles. The second-order valence-corrected chi connectivity index (χ2v) is 5.62. The van der Waals surface area contributed by atoms with Gasteiger partial charge >= 0.3 is 0 Å². The van der Waals surface area contributed by atoms with Gasteiger partial charge in [-0.1, -0.05) is 13.8 Å². The van der Waals surface area contributed by atoms with Gasteiger partial charge in [0, 0.05) is 30.8 Å². The Bertz CT molecular complexity index is 486. The van der Waals surface area contributed by atoms with E-state index in [1.807, 2.05) is 11.9 Å². The topological polar surface area (TPSA) is 61.4 Å². The zero-order valence-electron chi connectivity index (χ0n) is 14.9. The molecule has 5 nitrogen and oxygen atoms in total. The highest BCUT2D eigenvalue weighted by Crippen LogP contribution is 2.13. The molecular formula is C18H30ClN3O2. The van der Waals surface area contributed by atoms with E-state index in [-0.39, 0.29) is 24.2 Å². The lowest BCUT2D eigenvalue weighted by Gasteiger charge is -2.21. The van der Waals surface area contributed by atoms with E-state index in [1.54, 1.807) is 24.3 Å². The molecule has 0 aliphatic carbocycles. The minimum absolute atomic E-state index is 0. The minimum atomic E-state index is -0.00193. The Kier molecular flexibility index (Phi) is 11.9. The second-order valence-electron chi connectivity index (χ2n) is 5.62. The summed E-state index contributed by atoms with van der Waals surface area (Å²) in [5.74, 6) is 0.0542. The molecule has 0 spiro atoms. The van der Waals surface area contributed by atoms with Crippen LogP contribution in [-0.2, 0) is 4.79 Å². The predicted octanol–water partition coefficient (Wildman–Crippen LogP) is 3.31. The molecule has 0 heterocycles. The summed E-state index contributed by atoms with van der Waals surface area (Å²) in [5.41, 5.74) is 1.40. The van der Waals surface area contributed by atoms with Gasteiger partial charge in [-0.3, -0.25) is 9.59 Å². The fourth-order valence-corrected chi connectivity index (χ4v) is 2.38. The molecule has 0 aromatic heterocycles. The molecule has 1 aromatic rings. The third-order valence-corrected chi connectivity index (χ3v) is 3.52. The number of amides is 2. The first-order chi connectivity index (χ1) is 11.1. The summed E-state index contributed by atoms with van der Waals surface area (Å²) in [7, 11) is 1.87. The van der Waals surface area contributed by atoms with Crippen molar-refractivity contribution in [2.45, 2.75) is 39.5 Å². The van der Waals surface area contributed by atoms with Crippen LogP contribution in [0, 0.1) is 0 Å². The smallest absolute Gasteiger partial charge is 0.253 e. The molecule has 0 aliphatic heterocycles. The van der Waals surface area contributed by atoms with Crippen molar-refractivity contribution < 1.29 is 9.59 Å². The standard InChI is InChI=1S/C18H29N3O2.ClH/c1-4-13-21(14-5-2)18(23)15-8-10-16(11-9-15)20-17(22)7-6-12-19-3;/h8-11,19H,4-7,12-14H2,1-3H3,(H,20,22);1H. The molecule has 1 rings (SSSR count). The summed E-state index contributed by atoms with van der Waals surface area (Å²) in [4.78, 5) is 26.1. The van der Waals surface area contributed by atoms with Crippen LogP contribution in [0.5, 0.6) is 0 Å². The molecule has 2 N–H and O–H groups in total. The number of nitrogens with one attached hydrogen (secondary N) is 2. The van der Waals surface area contributed by atoms with E-state index in [0.717, 1.165) is 44.6 Å². The van der Waals surface area contributed by atoms with E-state index >= 15 is 0 Å². The van der Waals surface area contributed by atoms with Crippen molar-refractivity contribution in [3.8, 4) is 0 Å². The van der Waals surface area contributed by atoms with Gasteiger partial charge in [-0.05, 0) is 57.1 Å². The van der Waals surface area contributed by atoms with Gasteiger partial charge in [0.1, 0.15) is 0 Å². The van der Waals surface area contributed by atoms with Crippen LogP contribution in [0.1, 0.15) is 49.9 Å². The van der Waals surface area contributed by atoms with Crippen molar-refractivity contribution in [2.24, 2.45) is 0 Å². The van der Waals surface area contributed by atoms with Crippen molar-refractivity contribution in [2.75, 3.05) is 32.0 Å². The Morgan fingerprint density at radius 3 is 2.12 bits per heavy atom. The van der Waals surface area contributed by atoms with Gasteiger partial charge < -0.3 is 15.5 Å². The third-order valence-electron chi connectivity index (χ3n) is 3.52. The molecule has 0 radical (unpaired) electrons. The Labute approximate surface area is 151 Å². The summed E-state index contributed by atoms with van der Waals surface area (Å²) in [5, 5.41) is 5.87. The third kappa shape index (κ3) is 7.79. The van der Waals surface area contributed by atoms with Gasteiger partial charge in [0.15, 0.2) is 0 Å². The number of rotatable bonds is 10. The van der Waals surface area contributed by atoms with Gasteiger partial charge in [0.2, 0.25) is 5.91 Å². The number of hydrogen-bond donors (Lipinski definition) is 2. The molecular weight excluding hydrogens is 326 g/mol. The van der Waals surface area contributed by atoms with Crippen LogP contribution in [0.4, 0.5) is 5.69 Å². The van der Waals surface area contributed by atoms with Crippen LogP contribution in [0.15, 0.2) is 24.3 Å². The zero-order chi connectivity index (χ0) is 17.1. The lowest BCUT2D eigenvalue weighted by Crippen LogP contribution is -2.32. The number of benzene rings is 1. The highest BCUT2D eigenvalue weighted by molar-refractivity contribution is 5.95. The van der Waals surface area contributed by atoms with Crippen molar-refractivity contribution in [3.63, 3.8) is 0 Å². The van der Waals surface area contributed by atoms with Gasteiger partial charge in [0.25, 0.3) is 5.91 Å². The minimum Gasteiger partial charge on any atom is -0.339 e. The Hall–Kier alpha value is -1.59. The van der Waals surface area contributed by atoms with Gasteiger partial charge in [0.05, 0.1) is 0 Å². The van der Waals surface area contributed by atoms with Crippen molar-refractivity contribution >= 4 is 29.9 Å². The molecule has 0 unspecified atom stereocenters. The Morgan fingerprint density at radius 1 is 1.04 bits per heavy atom. The first kappa shape index (κ1) is 22.4. The first-order valence-corrected chi connectivity index (χ1v) is 8.46. The Morgan fingerprint density at radius 2 is 1.62 bits per heavy atom. The van der Waals surface area contributed by atoms with Crippen LogP contribution >= 0.6 is 12.4 Å². The number of hydrogen-bond acceptors (Lipinski definition) is 3. The summed E-state index contributed by atoms with van der Waals surface area (Å²) >= 11 is 0. The molecule has 0 aliphatic rings. The van der Waals surface area contributed by atoms with E-state index in [2.05, 4.69) is 24.5 Å². The molecule has 136 valence electrons. The van der Waals surface area contributed by atoms with Crippen LogP contribution in [-0.4, -0.2) is 43.4 Å². The highest BCUT2D eigenvalue weighted by atomic mass is 35.5. The SMILES string of the molecule is CCCN(CCC)C(=O)c1ccc(NC(=O)CCCNC)cc1.Cl. The first-order valence-electron chi connectivity index (χ1n) is 8.46. The lowest BCUT2D eigenvalue weighted by molar-refractivity contribution is -0.116. The second kappa shape index (κ2) is 12.8. The maximum absolute atomic E-state index is 12.5. The Balaban J connectivity index is 0.00000529. The zero-order valence-corrected chi connectivity index (χ0v) is 15.7. The highest BCUT2D eigenvalue weighted by Gasteiger charge is 2.14. The van der Waals surface area contributed by atoms with Crippen LogP contribution in [0.3, 0.4) is 0 Å². The summed E-state index contributed by atoms with van der Waals surface area (Å²) < 4.78 is 0. The van der Waals surface area contributed by atoms with Crippen molar-refractivity contribution in [3.05, 3.63) is 29.8 Å². The van der Waals surface area contributed by atoms with Gasteiger partial charge in [-0.2, -0.15) is 0 Å². The number of halogens is 1. The molecule has 24 heavy (non-hydrogen) atoms. The lowest BCUT2D eigenvalue weighted by atomic mass is 10.1. The van der Waals surface area contributed by atoms with Crippen molar-refractivity contribution in [1.82, 2.24) is 10.2 Å². The van der Waals surface area contributed by atoms with E-state index in [9.17, 15) is 9.59 Å². The maximum Gasteiger partial charge on any atom is 0.253 e. The summed E-state index contributed by atoms with van der Waals surface area (Å²) in [6.07, 6.45) is 3.20. The van der Waals surface area contributed by atoms with Crippen LogP contribution in [0.25, 0.3) is 0 Å². The molecule has 0 fully saturated rings. The number of carbonyl (C=O) groups excluding carboxylic acids is 2. The molecule has 2 amide bonds. The fraction of sp³-hybridized carbons (Fsp3) is 0.556. The van der Waals surface area contributed by atoms with Crippen LogP contribution < -0.4 is 10.6 Å².